The average Bonchev–Trinajstić information content (AvgIpc) is 2.73. The molecule has 3 rings (SSSR count). The summed E-state index contributed by atoms with van der Waals surface area (Å²) in [7, 11) is -1.22. The van der Waals surface area contributed by atoms with Gasteiger partial charge in [-0.25, -0.2) is 0 Å². The summed E-state index contributed by atoms with van der Waals surface area (Å²) in [6.07, 6.45) is -15.8. The van der Waals surface area contributed by atoms with E-state index < -0.39 is 52.3 Å². The lowest BCUT2D eigenvalue weighted by Gasteiger charge is -2.12. The van der Waals surface area contributed by atoms with Crippen molar-refractivity contribution in [2.45, 2.75) is 33.2 Å². The molecule has 0 bridgehead atoms. The first kappa shape index (κ1) is 27.9. The maximum atomic E-state index is 12.9. The van der Waals surface area contributed by atoms with Gasteiger partial charge in [-0.15, -0.1) is 0 Å². The van der Waals surface area contributed by atoms with Crippen molar-refractivity contribution in [1.82, 2.24) is 0 Å². The molecule has 0 aliphatic heterocycles. The van der Waals surface area contributed by atoms with Crippen LogP contribution < -0.4 is 5.11 Å². The van der Waals surface area contributed by atoms with E-state index in [0.717, 1.165) is 36.4 Å². The Balaban J connectivity index is 0.00000100. The molecule has 0 spiro atoms. The molecule has 0 saturated carbocycles. The predicted molar refractivity (Wildman–Crippen MR) is 105 cm³/mol. The highest BCUT2D eigenvalue weighted by atomic mass is 32.2. The largest absolute Gasteiger partial charge is 0.565 e. The third-order valence-corrected chi connectivity index (χ3v) is 6.48. The van der Waals surface area contributed by atoms with Gasteiger partial charge in [-0.1, -0.05) is 0 Å². The van der Waals surface area contributed by atoms with Crippen molar-refractivity contribution >= 4 is 17.1 Å². The van der Waals surface area contributed by atoms with Gasteiger partial charge in [0.15, 0.2) is 14.7 Å². The molecule has 3 nitrogen and oxygen atoms in total. The van der Waals surface area contributed by atoms with Crippen molar-refractivity contribution in [1.29, 1.82) is 0 Å². The quantitative estimate of drug-likeness (QED) is 0.303. The third kappa shape index (κ3) is 7.84. The maximum Gasteiger partial charge on any atom is 0.416 e. The topological polar surface area (TPSA) is 60.4 Å². The number of halogens is 9. The van der Waals surface area contributed by atoms with Crippen molar-refractivity contribution < 1.29 is 54.5 Å². The first-order valence-corrected chi connectivity index (χ1v) is 10.4. The standard InChI is InChI=1S/C21H12F9S.CH2O3/c22-19(23,24)13-1-7-16(8-2-13)31(17-9-3-14(4-10-17)20(25,26)27)18-11-5-15(6-12-18)21(28,29)30;2-1(3)4/h1-12H;(H2,2,3,4)/q+1;/p-1. The van der Waals surface area contributed by atoms with Crippen LogP contribution in [0.2, 0.25) is 0 Å². The number of alkyl halides is 9. The second-order valence-electron chi connectivity index (χ2n) is 6.64. The number of carbonyl (C=O) groups is 1. The van der Waals surface area contributed by atoms with Crippen molar-refractivity contribution in [3.05, 3.63) is 89.5 Å². The lowest BCUT2D eigenvalue weighted by atomic mass is 10.2. The molecule has 0 heterocycles. The Hall–Kier alpha value is -3.35. The lowest BCUT2D eigenvalue weighted by Crippen LogP contribution is -2.17. The highest BCUT2D eigenvalue weighted by Crippen LogP contribution is 2.37. The number of hydrogen-bond donors (Lipinski definition) is 1. The number of hydrogen-bond acceptors (Lipinski definition) is 2. The van der Waals surface area contributed by atoms with Crippen molar-refractivity contribution in [3.63, 3.8) is 0 Å². The molecule has 1 N–H and O–H groups in total. The summed E-state index contributed by atoms with van der Waals surface area (Å²) in [4.78, 5) is 9.38. The summed E-state index contributed by atoms with van der Waals surface area (Å²) >= 11 is 0. The molecule has 0 aliphatic rings. The summed E-state index contributed by atoms with van der Waals surface area (Å²) in [5.41, 5.74) is -2.75. The molecule has 0 radical (unpaired) electrons. The van der Waals surface area contributed by atoms with Crippen molar-refractivity contribution in [2.24, 2.45) is 0 Å². The van der Waals surface area contributed by atoms with Crippen LogP contribution in [-0.2, 0) is 29.4 Å². The summed E-state index contributed by atoms with van der Waals surface area (Å²) in [6, 6.07) is 11.9. The van der Waals surface area contributed by atoms with Gasteiger partial charge >= 0.3 is 18.5 Å². The number of benzene rings is 3. The number of carboxylic acid groups (broad SMARTS) is 2. The van der Waals surface area contributed by atoms with E-state index in [2.05, 4.69) is 0 Å². The summed E-state index contributed by atoms with van der Waals surface area (Å²) < 4.78 is 116. The van der Waals surface area contributed by atoms with Gasteiger partial charge in [0, 0.05) is 0 Å². The normalized spacial score (nSPS) is 12.2. The lowest BCUT2D eigenvalue weighted by molar-refractivity contribution is -0.275. The second kappa shape index (κ2) is 10.5. The van der Waals surface area contributed by atoms with Gasteiger partial charge in [-0.3, -0.25) is 0 Å². The van der Waals surface area contributed by atoms with Gasteiger partial charge in [-0.05, 0) is 72.8 Å². The minimum absolute atomic E-state index is 0.313. The monoisotopic (exact) mass is 528 g/mol. The van der Waals surface area contributed by atoms with Crippen LogP contribution in [-0.4, -0.2) is 11.3 Å². The van der Waals surface area contributed by atoms with Crippen LogP contribution in [0.1, 0.15) is 16.7 Å². The Morgan fingerprint density at radius 2 is 0.714 bits per heavy atom. The zero-order valence-electron chi connectivity index (χ0n) is 17.0. The molecule has 0 fully saturated rings. The average molecular weight is 528 g/mol. The predicted octanol–water partition coefficient (Wildman–Crippen LogP) is 6.73. The molecule has 0 unspecified atom stereocenters. The summed E-state index contributed by atoms with van der Waals surface area (Å²) in [5, 5.41) is 15.3. The van der Waals surface area contributed by atoms with E-state index in [4.69, 9.17) is 15.0 Å². The van der Waals surface area contributed by atoms with Gasteiger partial charge in [0.25, 0.3) is 0 Å². The Kier molecular flexibility index (Phi) is 8.37. The Bertz CT molecular complexity index is 979. The van der Waals surface area contributed by atoms with Gasteiger partial charge in [-0.2, -0.15) is 39.5 Å². The second-order valence-corrected chi connectivity index (χ2v) is 8.67. The molecule has 0 aromatic heterocycles. The van der Waals surface area contributed by atoms with Crippen LogP contribution in [0.5, 0.6) is 0 Å². The molecule has 3 aromatic rings. The maximum absolute atomic E-state index is 12.9. The molecule has 35 heavy (non-hydrogen) atoms. The van der Waals surface area contributed by atoms with Crippen LogP contribution in [0, 0.1) is 0 Å². The zero-order valence-corrected chi connectivity index (χ0v) is 17.8. The number of rotatable bonds is 3. The van der Waals surface area contributed by atoms with E-state index in [1.165, 1.54) is 36.4 Å². The smallest absolute Gasteiger partial charge is 0.416 e. The SMILES string of the molecule is FC(F)(F)c1ccc([S+](c2ccc(C(F)(F)F)cc2)c2ccc(C(F)(F)F)cc2)cc1.O=C([O-])O. The van der Waals surface area contributed by atoms with E-state index in [0.29, 0.717) is 14.7 Å². The van der Waals surface area contributed by atoms with Gasteiger partial charge in [0.1, 0.15) is 0 Å². The fourth-order valence-electron chi connectivity index (χ4n) is 2.75. The highest BCUT2D eigenvalue weighted by molar-refractivity contribution is 7.97. The minimum Gasteiger partial charge on any atom is -0.565 e. The Labute approximate surface area is 194 Å². The zero-order chi connectivity index (χ0) is 26.6. The van der Waals surface area contributed by atoms with Crippen molar-refractivity contribution in [2.75, 3.05) is 0 Å². The van der Waals surface area contributed by atoms with Crippen LogP contribution in [0.3, 0.4) is 0 Å². The molecule has 0 aliphatic carbocycles. The molecule has 13 heteroatoms. The van der Waals surface area contributed by atoms with Crippen LogP contribution in [0.15, 0.2) is 87.5 Å². The highest BCUT2D eigenvalue weighted by Gasteiger charge is 2.36. The molecule has 188 valence electrons. The van der Waals surface area contributed by atoms with Crippen LogP contribution in [0.4, 0.5) is 44.3 Å². The molecule has 0 atom stereocenters. The Morgan fingerprint density at radius 3 is 0.857 bits per heavy atom. The third-order valence-electron chi connectivity index (χ3n) is 4.25. The summed E-state index contributed by atoms with van der Waals surface area (Å²) in [5.74, 6) is 0. The van der Waals surface area contributed by atoms with Gasteiger partial charge in [0.05, 0.1) is 27.6 Å². The first-order chi connectivity index (χ1) is 16.0. The van der Waals surface area contributed by atoms with E-state index in [-0.39, 0.29) is 0 Å². The summed E-state index contributed by atoms with van der Waals surface area (Å²) in [6.45, 7) is 0. The first-order valence-electron chi connectivity index (χ1n) is 9.16. The fourth-order valence-corrected chi connectivity index (χ4v) is 4.79. The molecular formula is C22H13F9O3S. The van der Waals surface area contributed by atoms with E-state index >= 15 is 0 Å². The van der Waals surface area contributed by atoms with E-state index in [1.54, 1.807) is 0 Å². The molecular weight excluding hydrogens is 515 g/mol. The van der Waals surface area contributed by atoms with Gasteiger partial charge in [0.2, 0.25) is 6.16 Å². The van der Waals surface area contributed by atoms with Gasteiger partial charge < -0.3 is 15.0 Å². The fraction of sp³-hybridized carbons (Fsp3) is 0.136. The minimum atomic E-state index is -4.58. The van der Waals surface area contributed by atoms with Crippen molar-refractivity contribution in [3.8, 4) is 0 Å². The molecule has 0 amide bonds. The van der Waals surface area contributed by atoms with E-state index in [9.17, 15) is 39.5 Å². The van der Waals surface area contributed by atoms with E-state index in [1.807, 2.05) is 0 Å². The van der Waals surface area contributed by atoms with Crippen LogP contribution in [0.25, 0.3) is 0 Å². The van der Waals surface area contributed by atoms with Crippen LogP contribution >= 0.6 is 0 Å². The molecule has 0 saturated heterocycles. The Morgan fingerprint density at radius 1 is 0.543 bits per heavy atom. The molecule has 3 aromatic carbocycles.